The zero-order valence-corrected chi connectivity index (χ0v) is 21.1. The SMILES string of the molecule is CCOc1cc([C@@H](CS(C)(=O)=O)n2c(=O)[nH]c3cc(-c4ccccc4C4=NC4)ccc32)ccc1OC. The maximum atomic E-state index is 13.2. The second kappa shape index (κ2) is 9.31. The normalized spacial score (nSPS) is 13.9. The summed E-state index contributed by atoms with van der Waals surface area (Å²) in [6.45, 7) is 3.02. The Kier molecular flexibility index (Phi) is 6.17. The maximum Gasteiger partial charge on any atom is 0.327 e. The van der Waals surface area contributed by atoms with E-state index >= 15 is 0 Å². The highest BCUT2D eigenvalue weighted by atomic mass is 32.2. The van der Waals surface area contributed by atoms with Crippen molar-refractivity contribution in [3.63, 3.8) is 0 Å². The van der Waals surface area contributed by atoms with Crippen LogP contribution in [0.2, 0.25) is 0 Å². The van der Waals surface area contributed by atoms with Crippen LogP contribution in [0.3, 0.4) is 0 Å². The fourth-order valence-corrected chi connectivity index (χ4v) is 5.49. The summed E-state index contributed by atoms with van der Waals surface area (Å²) in [6, 6.07) is 18.2. The molecule has 8 nitrogen and oxygen atoms in total. The maximum absolute atomic E-state index is 13.2. The second-order valence-electron chi connectivity index (χ2n) is 8.79. The molecule has 9 heteroatoms. The number of aliphatic imine (C=N–C) groups is 1. The number of rotatable bonds is 9. The van der Waals surface area contributed by atoms with Crippen molar-refractivity contribution in [2.24, 2.45) is 4.99 Å². The number of H-pyrrole nitrogens is 1. The van der Waals surface area contributed by atoms with Crippen LogP contribution in [0.1, 0.15) is 24.1 Å². The fraction of sp³-hybridized carbons (Fsp3) is 0.259. The lowest BCUT2D eigenvalue weighted by Gasteiger charge is -2.20. The van der Waals surface area contributed by atoms with Crippen molar-refractivity contribution >= 4 is 26.6 Å². The summed E-state index contributed by atoms with van der Waals surface area (Å²) >= 11 is 0. The number of ether oxygens (including phenoxy) is 2. The minimum atomic E-state index is -3.44. The summed E-state index contributed by atoms with van der Waals surface area (Å²) in [5, 5.41) is 0. The number of imidazole rings is 1. The van der Waals surface area contributed by atoms with Gasteiger partial charge in [0.25, 0.3) is 0 Å². The van der Waals surface area contributed by atoms with E-state index in [1.807, 2.05) is 49.4 Å². The molecule has 0 radical (unpaired) electrons. The smallest absolute Gasteiger partial charge is 0.327 e. The highest BCUT2D eigenvalue weighted by Gasteiger charge is 2.25. The Labute approximate surface area is 209 Å². The van der Waals surface area contributed by atoms with Crippen LogP contribution >= 0.6 is 0 Å². The van der Waals surface area contributed by atoms with Crippen LogP contribution in [-0.4, -0.2) is 56.0 Å². The molecule has 1 aromatic heterocycles. The third-order valence-electron chi connectivity index (χ3n) is 6.23. The van der Waals surface area contributed by atoms with Crippen molar-refractivity contribution in [3.8, 4) is 22.6 Å². The van der Waals surface area contributed by atoms with Gasteiger partial charge in [0.15, 0.2) is 11.5 Å². The second-order valence-corrected chi connectivity index (χ2v) is 11.0. The first-order valence-electron chi connectivity index (χ1n) is 11.6. The first kappa shape index (κ1) is 23.9. The first-order valence-corrected chi connectivity index (χ1v) is 13.7. The van der Waals surface area contributed by atoms with Crippen LogP contribution in [-0.2, 0) is 9.84 Å². The van der Waals surface area contributed by atoms with E-state index in [2.05, 4.69) is 9.98 Å². The number of aromatic nitrogens is 2. The number of nitrogens with zero attached hydrogens (tertiary/aromatic N) is 2. The molecule has 186 valence electrons. The molecule has 0 saturated heterocycles. The number of aromatic amines is 1. The summed E-state index contributed by atoms with van der Waals surface area (Å²) in [5.74, 6) is 0.779. The summed E-state index contributed by atoms with van der Waals surface area (Å²) in [6.07, 6.45) is 1.17. The molecule has 0 amide bonds. The van der Waals surface area contributed by atoms with Gasteiger partial charge in [0.1, 0.15) is 9.84 Å². The van der Waals surface area contributed by atoms with E-state index in [0.717, 1.165) is 28.9 Å². The van der Waals surface area contributed by atoms with Crippen LogP contribution in [0.5, 0.6) is 11.5 Å². The molecule has 0 saturated carbocycles. The first-order chi connectivity index (χ1) is 17.3. The van der Waals surface area contributed by atoms with Gasteiger partial charge in [-0.3, -0.25) is 9.56 Å². The van der Waals surface area contributed by atoms with Gasteiger partial charge in [-0.15, -0.1) is 0 Å². The van der Waals surface area contributed by atoms with Gasteiger partial charge < -0.3 is 14.5 Å². The Morgan fingerprint density at radius 3 is 2.47 bits per heavy atom. The highest BCUT2D eigenvalue weighted by molar-refractivity contribution is 7.90. The Bertz CT molecular complexity index is 1650. The molecule has 0 aliphatic carbocycles. The van der Waals surface area contributed by atoms with E-state index in [4.69, 9.17) is 9.47 Å². The van der Waals surface area contributed by atoms with E-state index in [1.54, 1.807) is 25.3 Å². The Balaban J connectivity index is 1.65. The molecule has 4 aromatic rings. The van der Waals surface area contributed by atoms with Crippen LogP contribution in [0.15, 0.2) is 70.5 Å². The summed E-state index contributed by atoms with van der Waals surface area (Å²) in [4.78, 5) is 20.5. The summed E-state index contributed by atoms with van der Waals surface area (Å²) in [7, 11) is -1.90. The van der Waals surface area contributed by atoms with Gasteiger partial charge in [0.2, 0.25) is 0 Å². The lowest BCUT2D eigenvalue weighted by molar-refractivity contribution is 0.310. The molecule has 0 fully saturated rings. The summed E-state index contributed by atoms with van der Waals surface area (Å²) < 4.78 is 37.5. The molecule has 1 N–H and O–H groups in total. The van der Waals surface area contributed by atoms with E-state index in [9.17, 15) is 13.2 Å². The molecular weight excluding hydrogens is 478 g/mol. The molecular formula is C27H27N3O5S. The standard InChI is InChI=1S/C27H27N3O5S/c1-4-35-26-14-18(10-12-25(26)34-2)24(16-36(3,32)33)30-23-11-9-17(13-21(23)29-27(30)31)19-7-5-6-8-20(19)22-15-28-22/h5-14,24H,4,15-16H2,1-3H3,(H,29,31)/t24-/m1/s1. The molecule has 1 aliphatic heterocycles. The molecule has 36 heavy (non-hydrogen) atoms. The Morgan fingerprint density at radius 2 is 1.81 bits per heavy atom. The van der Waals surface area contributed by atoms with Gasteiger partial charge >= 0.3 is 5.69 Å². The van der Waals surface area contributed by atoms with Crippen LogP contribution in [0.25, 0.3) is 22.2 Å². The van der Waals surface area contributed by atoms with Gasteiger partial charge in [-0.25, -0.2) is 13.2 Å². The number of sulfone groups is 1. The fourth-order valence-electron chi connectivity index (χ4n) is 4.58. The van der Waals surface area contributed by atoms with E-state index in [0.29, 0.717) is 34.7 Å². The van der Waals surface area contributed by atoms with Gasteiger partial charge in [0, 0.05) is 11.8 Å². The van der Waals surface area contributed by atoms with E-state index in [-0.39, 0.29) is 11.4 Å². The molecule has 2 heterocycles. The molecule has 3 aromatic carbocycles. The number of fused-ring (bicyclic) bond motifs is 1. The highest BCUT2D eigenvalue weighted by Crippen LogP contribution is 2.34. The van der Waals surface area contributed by atoms with E-state index in [1.165, 1.54) is 10.8 Å². The monoisotopic (exact) mass is 505 g/mol. The molecule has 0 bridgehead atoms. The number of nitrogens with one attached hydrogen (secondary N) is 1. The van der Waals surface area contributed by atoms with Crippen LogP contribution in [0, 0.1) is 0 Å². The van der Waals surface area contributed by atoms with E-state index < -0.39 is 15.9 Å². The zero-order valence-electron chi connectivity index (χ0n) is 20.3. The van der Waals surface area contributed by atoms with Crippen molar-refractivity contribution in [1.29, 1.82) is 0 Å². The zero-order chi connectivity index (χ0) is 25.4. The summed E-state index contributed by atoms with van der Waals surface area (Å²) in [5.41, 5.74) is 5.62. The minimum absolute atomic E-state index is 0.248. The molecule has 0 unspecified atom stereocenters. The van der Waals surface area contributed by atoms with Crippen molar-refractivity contribution < 1.29 is 17.9 Å². The quantitative estimate of drug-likeness (QED) is 0.372. The number of hydrogen-bond donors (Lipinski definition) is 1. The van der Waals surface area contributed by atoms with Crippen LogP contribution < -0.4 is 15.2 Å². The minimum Gasteiger partial charge on any atom is -0.493 e. The van der Waals surface area contributed by atoms with Crippen molar-refractivity contribution in [2.75, 3.05) is 32.3 Å². The Morgan fingerprint density at radius 1 is 1.06 bits per heavy atom. The number of hydrogen-bond acceptors (Lipinski definition) is 6. The number of methoxy groups -OCH3 is 1. The van der Waals surface area contributed by atoms with Gasteiger partial charge in [0.05, 0.1) is 48.8 Å². The Hall–Kier alpha value is -3.85. The largest absolute Gasteiger partial charge is 0.493 e. The molecule has 1 atom stereocenters. The predicted molar refractivity (Wildman–Crippen MR) is 141 cm³/mol. The lowest BCUT2D eigenvalue weighted by Crippen LogP contribution is -2.28. The van der Waals surface area contributed by atoms with Gasteiger partial charge in [-0.05, 0) is 47.9 Å². The average Bonchev–Trinajstić information content (AvgIpc) is 3.64. The molecule has 5 rings (SSSR count). The van der Waals surface area contributed by atoms with Gasteiger partial charge in [-0.2, -0.15) is 0 Å². The number of benzene rings is 3. The van der Waals surface area contributed by atoms with Crippen molar-refractivity contribution in [1.82, 2.24) is 9.55 Å². The molecule has 1 aliphatic rings. The van der Waals surface area contributed by atoms with Crippen molar-refractivity contribution in [2.45, 2.75) is 13.0 Å². The van der Waals surface area contributed by atoms with Gasteiger partial charge in [-0.1, -0.05) is 36.4 Å². The molecule has 0 spiro atoms. The third-order valence-corrected chi connectivity index (χ3v) is 7.15. The predicted octanol–water partition coefficient (Wildman–Crippen LogP) is 3.84. The topological polar surface area (TPSA) is 103 Å². The average molecular weight is 506 g/mol. The van der Waals surface area contributed by atoms with Crippen LogP contribution in [0.4, 0.5) is 0 Å². The lowest BCUT2D eigenvalue weighted by atomic mass is 9.98. The third kappa shape index (κ3) is 4.66. The van der Waals surface area contributed by atoms with Crippen molar-refractivity contribution in [3.05, 3.63) is 82.3 Å².